The maximum atomic E-state index is 14.0. The molecule has 0 saturated carbocycles. The Hall–Kier alpha value is -3.19. The first-order valence-electron chi connectivity index (χ1n) is 9.55. The third-order valence-corrected chi connectivity index (χ3v) is 6.48. The van der Waals surface area contributed by atoms with Gasteiger partial charge in [0.25, 0.3) is 15.9 Å². The van der Waals surface area contributed by atoms with Crippen LogP contribution in [0, 0.1) is 5.82 Å². The van der Waals surface area contributed by atoms with Crippen LogP contribution in [-0.4, -0.2) is 27.9 Å². The van der Waals surface area contributed by atoms with Crippen LogP contribution < -0.4 is 9.62 Å². The first-order chi connectivity index (χ1) is 14.4. The predicted octanol–water partition coefficient (Wildman–Crippen LogP) is 4.01. The summed E-state index contributed by atoms with van der Waals surface area (Å²) >= 11 is 0. The topological polar surface area (TPSA) is 66.5 Å². The van der Waals surface area contributed by atoms with Crippen molar-refractivity contribution in [2.45, 2.75) is 17.7 Å². The number of sulfonamides is 1. The molecule has 1 N–H and O–H groups in total. The van der Waals surface area contributed by atoms with Crippen molar-refractivity contribution < 1.29 is 17.6 Å². The van der Waals surface area contributed by atoms with Crippen LogP contribution in [0.25, 0.3) is 0 Å². The summed E-state index contributed by atoms with van der Waals surface area (Å²) in [7, 11) is -2.74. The molecule has 5 nitrogen and oxygen atoms in total. The summed E-state index contributed by atoms with van der Waals surface area (Å²) in [6.45, 7) is 0.472. The molecule has 7 heteroatoms. The highest BCUT2D eigenvalue weighted by Crippen LogP contribution is 2.25. The molecule has 0 fully saturated rings. The minimum atomic E-state index is -4.02. The Bertz CT molecular complexity index is 1120. The lowest BCUT2D eigenvalue weighted by molar-refractivity contribution is 0.0953. The number of hydrogen-bond acceptors (Lipinski definition) is 3. The molecule has 0 atom stereocenters. The van der Waals surface area contributed by atoms with E-state index in [9.17, 15) is 17.6 Å². The van der Waals surface area contributed by atoms with Crippen molar-refractivity contribution in [2.75, 3.05) is 17.9 Å². The van der Waals surface area contributed by atoms with Crippen LogP contribution in [0.4, 0.5) is 10.1 Å². The minimum absolute atomic E-state index is 0.0618. The molecule has 0 saturated heterocycles. The van der Waals surface area contributed by atoms with Crippen molar-refractivity contribution in [1.29, 1.82) is 0 Å². The molecule has 3 aromatic carbocycles. The zero-order chi connectivity index (χ0) is 21.6. The lowest BCUT2D eigenvalue weighted by atomic mass is 10.1. The van der Waals surface area contributed by atoms with Crippen molar-refractivity contribution in [1.82, 2.24) is 5.32 Å². The van der Waals surface area contributed by atoms with E-state index in [-0.39, 0.29) is 22.1 Å². The number of hydrogen-bond donors (Lipinski definition) is 1. The van der Waals surface area contributed by atoms with Gasteiger partial charge in [-0.2, -0.15) is 0 Å². The third kappa shape index (κ3) is 5.04. The highest BCUT2D eigenvalue weighted by Gasteiger charge is 2.24. The second kappa shape index (κ2) is 9.54. The molecular formula is C23H23FN2O3S. The van der Waals surface area contributed by atoms with Crippen LogP contribution in [0.15, 0.2) is 83.8 Å². The lowest BCUT2D eigenvalue weighted by Crippen LogP contribution is -2.28. The summed E-state index contributed by atoms with van der Waals surface area (Å²) in [4.78, 5) is 12.4. The molecule has 0 aliphatic carbocycles. The predicted molar refractivity (Wildman–Crippen MR) is 116 cm³/mol. The van der Waals surface area contributed by atoms with Crippen LogP contribution in [-0.2, 0) is 16.4 Å². The number of amides is 1. The van der Waals surface area contributed by atoms with Gasteiger partial charge in [-0.1, -0.05) is 48.5 Å². The number of carbonyl (C=O) groups excluding carboxylic acids is 1. The van der Waals surface area contributed by atoms with Crippen LogP contribution in [0.2, 0.25) is 0 Å². The van der Waals surface area contributed by atoms with Crippen molar-refractivity contribution in [3.05, 3.63) is 95.8 Å². The number of carbonyl (C=O) groups is 1. The summed E-state index contributed by atoms with van der Waals surface area (Å²) in [6.07, 6.45) is 1.60. The normalized spacial score (nSPS) is 11.1. The molecular weight excluding hydrogens is 403 g/mol. The van der Waals surface area contributed by atoms with E-state index < -0.39 is 15.8 Å². The zero-order valence-corrected chi connectivity index (χ0v) is 17.4. The van der Waals surface area contributed by atoms with E-state index in [1.54, 1.807) is 12.1 Å². The summed E-state index contributed by atoms with van der Waals surface area (Å²) in [6, 6.07) is 21.3. The Morgan fingerprint density at radius 1 is 0.967 bits per heavy atom. The molecule has 0 aliphatic rings. The molecule has 0 unspecified atom stereocenters. The van der Waals surface area contributed by atoms with Gasteiger partial charge in [0, 0.05) is 19.2 Å². The SMILES string of the molecule is CN(c1ccccc1F)S(=O)(=O)c1cccc(C(=O)NCCCc2ccccc2)c1. The second-order valence-electron chi connectivity index (χ2n) is 6.80. The van der Waals surface area contributed by atoms with Crippen LogP contribution >= 0.6 is 0 Å². The maximum absolute atomic E-state index is 14.0. The van der Waals surface area contributed by atoms with Gasteiger partial charge < -0.3 is 5.32 Å². The molecule has 0 radical (unpaired) electrons. The molecule has 0 heterocycles. The van der Waals surface area contributed by atoms with Gasteiger partial charge in [0.1, 0.15) is 5.82 Å². The molecule has 0 aliphatic heterocycles. The fourth-order valence-electron chi connectivity index (χ4n) is 3.03. The first kappa shape index (κ1) is 21.5. The fourth-order valence-corrected chi connectivity index (χ4v) is 4.28. The number of para-hydroxylation sites is 1. The van der Waals surface area contributed by atoms with Gasteiger partial charge in [-0.15, -0.1) is 0 Å². The smallest absolute Gasteiger partial charge is 0.264 e. The molecule has 3 aromatic rings. The fraction of sp³-hybridized carbons (Fsp3) is 0.174. The van der Waals surface area contributed by atoms with Crippen LogP contribution in [0.1, 0.15) is 22.3 Å². The summed E-state index contributed by atoms with van der Waals surface area (Å²) in [5.41, 5.74) is 1.36. The van der Waals surface area contributed by atoms with Gasteiger partial charge in [-0.05, 0) is 48.7 Å². The average molecular weight is 427 g/mol. The standard InChI is InChI=1S/C23H23FN2O3S/c1-26(22-15-6-5-14-21(22)24)30(28,29)20-13-7-12-19(17-20)23(27)25-16-8-11-18-9-3-2-4-10-18/h2-7,9-10,12-15,17H,8,11,16H2,1H3,(H,25,27). The van der Waals surface area contributed by atoms with Gasteiger partial charge in [0.05, 0.1) is 10.6 Å². The number of benzene rings is 3. The number of rotatable bonds is 8. The zero-order valence-electron chi connectivity index (χ0n) is 16.6. The Kier molecular flexibility index (Phi) is 6.84. The Morgan fingerprint density at radius 2 is 1.67 bits per heavy atom. The van der Waals surface area contributed by atoms with Crippen molar-refractivity contribution >= 4 is 21.6 Å². The number of halogens is 1. The number of nitrogens with one attached hydrogen (secondary N) is 1. The van der Waals surface area contributed by atoms with Gasteiger partial charge in [0.15, 0.2) is 0 Å². The van der Waals surface area contributed by atoms with Crippen molar-refractivity contribution in [2.24, 2.45) is 0 Å². The molecule has 30 heavy (non-hydrogen) atoms. The van der Waals surface area contributed by atoms with E-state index >= 15 is 0 Å². The van der Waals surface area contributed by atoms with Crippen molar-refractivity contribution in [3.63, 3.8) is 0 Å². The Labute approximate surface area is 176 Å². The van der Waals surface area contributed by atoms with E-state index in [0.29, 0.717) is 6.54 Å². The maximum Gasteiger partial charge on any atom is 0.264 e. The quantitative estimate of drug-likeness (QED) is 0.554. The second-order valence-corrected chi connectivity index (χ2v) is 8.77. The largest absolute Gasteiger partial charge is 0.352 e. The van der Waals surface area contributed by atoms with Gasteiger partial charge in [0.2, 0.25) is 0 Å². The highest BCUT2D eigenvalue weighted by atomic mass is 32.2. The van der Waals surface area contributed by atoms with E-state index in [1.165, 1.54) is 49.0 Å². The van der Waals surface area contributed by atoms with Gasteiger partial charge in [-0.25, -0.2) is 12.8 Å². The molecule has 0 spiro atoms. The van der Waals surface area contributed by atoms with Crippen LogP contribution in [0.5, 0.6) is 0 Å². The minimum Gasteiger partial charge on any atom is -0.352 e. The van der Waals surface area contributed by atoms with E-state index in [2.05, 4.69) is 5.32 Å². The van der Waals surface area contributed by atoms with E-state index in [4.69, 9.17) is 0 Å². The monoisotopic (exact) mass is 426 g/mol. The van der Waals surface area contributed by atoms with Crippen molar-refractivity contribution in [3.8, 4) is 0 Å². The number of aryl methyl sites for hydroxylation is 1. The average Bonchev–Trinajstić information content (AvgIpc) is 2.77. The Morgan fingerprint density at radius 3 is 2.40 bits per heavy atom. The molecule has 1 amide bonds. The molecule has 0 bridgehead atoms. The highest BCUT2D eigenvalue weighted by molar-refractivity contribution is 7.92. The third-order valence-electron chi connectivity index (χ3n) is 4.72. The molecule has 0 aromatic heterocycles. The van der Waals surface area contributed by atoms with Gasteiger partial charge in [-0.3, -0.25) is 9.10 Å². The van der Waals surface area contributed by atoms with Gasteiger partial charge >= 0.3 is 0 Å². The lowest BCUT2D eigenvalue weighted by Gasteiger charge is -2.20. The number of nitrogens with zero attached hydrogens (tertiary/aromatic N) is 1. The van der Waals surface area contributed by atoms with E-state index in [0.717, 1.165) is 17.1 Å². The summed E-state index contributed by atoms with van der Waals surface area (Å²) < 4.78 is 40.7. The summed E-state index contributed by atoms with van der Waals surface area (Å²) in [5.74, 6) is -0.996. The van der Waals surface area contributed by atoms with Crippen LogP contribution in [0.3, 0.4) is 0 Å². The molecule has 3 rings (SSSR count). The summed E-state index contributed by atoms with van der Waals surface area (Å²) in [5, 5.41) is 2.81. The molecule has 156 valence electrons. The first-order valence-corrected chi connectivity index (χ1v) is 11.0. The van der Waals surface area contributed by atoms with E-state index in [1.807, 2.05) is 30.3 Å². The Balaban J connectivity index is 1.67. The number of anilines is 1.